The normalized spacial score (nSPS) is 28.0. The van der Waals surface area contributed by atoms with E-state index < -0.39 is 9.84 Å². The summed E-state index contributed by atoms with van der Waals surface area (Å²) >= 11 is 0. The van der Waals surface area contributed by atoms with Crippen molar-refractivity contribution in [3.05, 3.63) is 35.4 Å². The van der Waals surface area contributed by atoms with Crippen molar-refractivity contribution in [2.24, 2.45) is 0 Å². The Balaban J connectivity index is 1.68. The van der Waals surface area contributed by atoms with Gasteiger partial charge in [-0.15, -0.1) is 0 Å². The molecule has 1 N–H and O–H groups in total. The number of nitrogens with one attached hydrogen (secondary N) is 1. The second-order valence-corrected chi connectivity index (χ2v) is 9.29. The van der Waals surface area contributed by atoms with Crippen LogP contribution in [0.1, 0.15) is 55.6 Å². The lowest BCUT2D eigenvalue weighted by Gasteiger charge is -2.31. The molecule has 1 saturated carbocycles. The highest BCUT2D eigenvalue weighted by molar-refractivity contribution is 7.91. The number of amides is 1. The van der Waals surface area contributed by atoms with Crippen molar-refractivity contribution in [3.63, 3.8) is 0 Å². The van der Waals surface area contributed by atoms with Crippen LogP contribution in [0.2, 0.25) is 0 Å². The lowest BCUT2D eigenvalue weighted by atomic mass is 9.82. The molecule has 0 spiro atoms. The largest absolute Gasteiger partial charge is 0.353 e. The van der Waals surface area contributed by atoms with Crippen LogP contribution in [0.15, 0.2) is 24.3 Å². The summed E-state index contributed by atoms with van der Waals surface area (Å²) < 4.78 is 23.5. The number of hydrogen-bond acceptors (Lipinski definition) is 3. The monoisotopic (exact) mass is 335 g/mol. The highest BCUT2D eigenvalue weighted by atomic mass is 32.2. The third-order valence-corrected chi connectivity index (χ3v) is 6.90. The van der Waals surface area contributed by atoms with Gasteiger partial charge >= 0.3 is 0 Å². The minimum Gasteiger partial charge on any atom is -0.353 e. The molecule has 0 aromatic heterocycles. The Labute approximate surface area is 138 Å². The van der Waals surface area contributed by atoms with E-state index in [9.17, 15) is 13.2 Å². The van der Waals surface area contributed by atoms with Crippen LogP contribution in [0.5, 0.6) is 0 Å². The van der Waals surface area contributed by atoms with E-state index in [0.29, 0.717) is 6.42 Å². The van der Waals surface area contributed by atoms with E-state index in [0.717, 1.165) is 44.1 Å². The molecule has 0 unspecified atom stereocenters. The van der Waals surface area contributed by atoms with Crippen LogP contribution < -0.4 is 5.32 Å². The van der Waals surface area contributed by atoms with Crippen LogP contribution in [-0.4, -0.2) is 31.9 Å². The molecule has 1 amide bonds. The van der Waals surface area contributed by atoms with E-state index in [1.807, 2.05) is 12.1 Å². The SMILES string of the molecule is CS(=O)(=O)[C@@H]1CCC[C@H](NC(=O)[C@H]2CCCc3ccccc32)C1. The van der Waals surface area contributed by atoms with Crippen LogP contribution in [0.25, 0.3) is 0 Å². The second kappa shape index (κ2) is 6.63. The van der Waals surface area contributed by atoms with Gasteiger partial charge in [0.05, 0.1) is 11.2 Å². The van der Waals surface area contributed by atoms with E-state index in [1.165, 1.54) is 11.8 Å². The molecule has 0 bridgehead atoms. The molecule has 23 heavy (non-hydrogen) atoms. The van der Waals surface area contributed by atoms with Crippen molar-refractivity contribution >= 4 is 15.7 Å². The van der Waals surface area contributed by atoms with Crippen molar-refractivity contribution in [1.82, 2.24) is 5.32 Å². The summed E-state index contributed by atoms with van der Waals surface area (Å²) in [4.78, 5) is 12.7. The molecule has 4 nitrogen and oxygen atoms in total. The summed E-state index contributed by atoms with van der Waals surface area (Å²) in [5, 5.41) is 2.82. The smallest absolute Gasteiger partial charge is 0.227 e. The van der Waals surface area contributed by atoms with E-state index in [4.69, 9.17) is 0 Å². The van der Waals surface area contributed by atoms with Crippen molar-refractivity contribution in [2.45, 2.75) is 62.2 Å². The number of benzene rings is 1. The van der Waals surface area contributed by atoms with E-state index >= 15 is 0 Å². The van der Waals surface area contributed by atoms with Gasteiger partial charge in [0.1, 0.15) is 9.84 Å². The molecule has 0 radical (unpaired) electrons. The Hall–Kier alpha value is -1.36. The van der Waals surface area contributed by atoms with Crippen molar-refractivity contribution in [2.75, 3.05) is 6.26 Å². The Morgan fingerprint density at radius 2 is 1.91 bits per heavy atom. The average molecular weight is 335 g/mol. The highest BCUT2D eigenvalue weighted by Crippen LogP contribution is 2.32. The number of rotatable bonds is 3. The molecule has 1 aromatic rings. The number of aryl methyl sites for hydroxylation is 1. The van der Waals surface area contributed by atoms with Crippen molar-refractivity contribution < 1.29 is 13.2 Å². The lowest BCUT2D eigenvalue weighted by Crippen LogP contribution is -2.44. The Morgan fingerprint density at radius 3 is 2.70 bits per heavy atom. The summed E-state index contributed by atoms with van der Waals surface area (Å²) in [5.74, 6) is -0.0186. The average Bonchev–Trinajstić information content (AvgIpc) is 2.53. The van der Waals surface area contributed by atoms with Crippen molar-refractivity contribution in [3.8, 4) is 0 Å². The Bertz CT molecular complexity index is 683. The minimum absolute atomic E-state index is 0.00920. The van der Waals surface area contributed by atoms with Gasteiger partial charge in [0.2, 0.25) is 5.91 Å². The van der Waals surface area contributed by atoms with Crippen LogP contribution in [0, 0.1) is 0 Å². The number of carbonyl (C=O) groups excluding carboxylic acids is 1. The molecule has 2 aliphatic carbocycles. The maximum absolute atomic E-state index is 12.7. The first-order valence-electron chi connectivity index (χ1n) is 8.52. The Kier molecular flexibility index (Phi) is 4.76. The van der Waals surface area contributed by atoms with Gasteiger partial charge in [-0.2, -0.15) is 0 Å². The molecule has 3 atom stereocenters. The van der Waals surface area contributed by atoms with Gasteiger partial charge in [0, 0.05) is 12.3 Å². The molecular formula is C18H25NO3S. The molecular weight excluding hydrogens is 310 g/mol. The van der Waals surface area contributed by atoms with Gasteiger partial charge in [0.25, 0.3) is 0 Å². The summed E-state index contributed by atoms with van der Waals surface area (Å²) in [6.45, 7) is 0. The zero-order chi connectivity index (χ0) is 16.4. The zero-order valence-electron chi connectivity index (χ0n) is 13.6. The summed E-state index contributed by atoms with van der Waals surface area (Å²) in [5.41, 5.74) is 2.42. The van der Waals surface area contributed by atoms with Crippen molar-refractivity contribution in [1.29, 1.82) is 0 Å². The molecule has 126 valence electrons. The first-order valence-corrected chi connectivity index (χ1v) is 10.5. The van der Waals surface area contributed by atoms with Gasteiger partial charge < -0.3 is 5.32 Å². The molecule has 1 fully saturated rings. The van der Waals surface area contributed by atoms with Crippen LogP contribution >= 0.6 is 0 Å². The highest BCUT2D eigenvalue weighted by Gasteiger charge is 2.32. The van der Waals surface area contributed by atoms with E-state index in [-0.39, 0.29) is 23.1 Å². The predicted molar refractivity (Wildman–Crippen MR) is 91.2 cm³/mol. The van der Waals surface area contributed by atoms with Crippen LogP contribution in [0.4, 0.5) is 0 Å². The van der Waals surface area contributed by atoms with E-state index in [2.05, 4.69) is 17.4 Å². The van der Waals surface area contributed by atoms with E-state index in [1.54, 1.807) is 0 Å². The van der Waals surface area contributed by atoms with Gasteiger partial charge in [-0.3, -0.25) is 4.79 Å². The fourth-order valence-electron chi connectivity index (χ4n) is 3.99. The predicted octanol–water partition coefficient (Wildman–Crippen LogP) is 2.58. The van der Waals surface area contributed by atoms with Crippen LogP contribution in [0.3, 0.4) is 0 Å². The zero-order valence-corrected chi connectivity index (χ0v) is 14.4. The van der Waals surface area contributed by atoms with Gasteiger partial charge in [0.15, 0.2) is 0 Å². The van der Waals surface area contributed by atoms with Gasteiger partial charge in [-0.05, 0) is 49.7 Å². The first kappa shape index (κ1) is 16.5. The first-order chi connectivity index (χ1) is 10.9. The van der Waals surface area contributed by atoms with Gasteiger partial charge in [-0.25, -0.2) is 8.42 Å². The number of sulfone groups is 1. The molecule has 0 heterocycles. The topological polar surface area (TPSA) is 63.2 Å². The van der Waals surface area contributed by atoms with Crippen LogP contribution in [-0.2, 0) is 21.1 Å². The fraction of sp³-hybridized carbons (Fsp3) is 0.611. The molecule has 3 rings (SSSR count). The second-order valence-electron chi connectivity index (χ2n) is 6.97. The molecule has 0 aliphatic heterocycles. The summed E-state index contributed by atoms with van der Waals surface area (Å²) in [7, 11) is -3.02. The number of carbonyl (C=O) groups is 1. The fourth-order valence-corrected chi connectivity index (χ4v) is 5.17. The minimum atomic E-state index is -3.02. The quantitative estimate of drug-likeness (QED) is 0.923. The number of hydrogen-bond donors (Lipinski definition) is 1. The molecule has 5 heteroatoms. The summed E-state index contributed by atoms with van der Waals surface area (Å²) in [6.07, 6.45) is 7.28. The molecule has 1 aromatic carbocycles. The number of fused-ring (bicyclic) bond motifs is 1. The standard InChI is InChI=1S/C18H25NO3S/c1-23(21,22)15-9-5-8-14(12-15)19-18(20)17-11-4-7-13-6-2-3-10-16(13)17/h2-3,6,10,14-15,17H,4-5,7-9,11-12H2,1H3,(H,19,20)/t14-,15+,17-/m0/s1. The Morgan fingerprint density at radius 1 is 1.13 bits per heavy atom. The maximum atomic E-state index is 12.7. The summed E-state index contributed by atoms with van der Waals surface area (Å²) in [6, 6.07) is 8.17. The maximum Gasteiger partial charge on any atom is 0.227 e. The lowest BCUT2D eigenvalue weighted by molar-refractivity contribution is -0.123. The third kappa shape index (κ3) is 3.77. The molecule has 0 saturated heterocycles. The molecule has 2 aliphatic rings. The van der Waals surface area contributed by atoms with Gasteiger partial charge in [-0.1, -0.05) is 30.7 Å². The third-order valence-electron chi connectivity index (χ3n) is 5.26.